The fourth-order valence-electron chi connectivity index (χ4n) is 4.00. The van der Waals surface area contributed by atoms with Crippen molar-refractivity contribution in [1.82, 2.24) is 9.21 Å². The molecule has 0 amide bonds. The third kappa shape index (κ3) is 5.45. The van der Waals surface area contributed by atoms with Gasteiger partial charge in [0.1, 0.15) is 5.75 Å². The van der Waals surface area contributed by atoms with Gasteiger partial charge in [0.2, 0.25) is 10.0 Å². The summed E-state index contributed by atoms with van der Waals surface area (Å²) < 4.78 is 32.4. The first-order chi connectivity index (χ1) is 15.2. The van der Waals surface area contributed by atoms with E-state index >= 15 is 0 Å². The van der Waals surface area contributed by atoms with Gasteiger partial charge in [-0.3, -0.25) is 4.90 Å². The normalized spacial score (nSPS) is 17.2. The van der Waals surface area contributed by atoms with Gasteiger partial charge in [0.15, 0.2) is 0 Å². The highest BCUT2D eigenvalue weighted by atomic mass is 32.2. The molecule has 1 aliphatic heterocycles. The molecule has 1 fully saturated rings. The van der Waals surface area contributed by atoms with Crippen LogP contribution in [-0.2, 0) is 32.5 Å². The van der Waals surface area contributed by atoms with Gasteiger partial charge in [0.25, 0.3) is 0 Å². The quantitative estimate of drug-likeness (QED) is 0.652. The van der Waals surface area contributed by atoms with E-state index in [9.17, 15) is 8.42 Å². The molecule has 1 heterocycles. The molecule has 9 nitrogen and oxygen atoms in total. The lowest BCUT2D eigenvalue weighted by Crippen LogP contribution is -2.52. The van der Waals surface area contributed by atoms with Gasteiger partial charge in [-0.2, -0.15) is 4.31 Å². The summed E-state index contributed by atoms with van der Waals surface area (Å²) in [6.07, 6.45) is 2.14. The van der Waals surface area contributed by atoms with E-state index < -0.39 is 22.0 Å². The number of carboxylic acids is 2. The lowest BCUT2D eigenvalue weighted by atomic mass is 10.1. The highest BCUT2D eigenvalue weighted by Gasteiger charge is 2.33. The number of nitrogens with zero attached hydrogens (tertiary/aromatic N) is 2. The van der Waals surface area contributed by atoms with E-state index in [0.29, 0.717) is 29.8 Å². The van der Waals surface area contributed by atoms with Crippen molar-refractivity contribution in [1.29, 1.82) is 0 Å². The maximum atomic E-state index is 12.9. The van der Waals surface area contributed by atoms with Crippen LogP contribution in [-0.4, -0.2) is 79.1 Å². The van der Waals surface area contributed by atoms with Crippen LogP contribution in [0.2, 0.25) is 0 Å². The summed E-state index contributed by atoms with van der Waals surface area (Å²) >= 11 is 0. The number of carbonyl (C=O) groups is 2. The van der Waals surface area contributed by atoms with Gasteiger partial charge in [0.05, 0.1) is 12.0 Å². The predicted molar refractivity (Wildman–Crippen MR) is 116 cm³/mol. The molecule has 0 radical (unpaired) electrons. The van der Waals surface area contributed by atoms with Crippen LogP contribution >= 0.6 is 0 Å². The minimum Gasteiger partial charge on any atom is -0.497 e. The zero-order valence-corrected chi connectivity index (χ0v) is 18.5. The molecule has 0 spiro atoms. The average Bonchev–Trinajstić information content (AvgIpc) is 3.24. The van der Waals surface area contributed by atoms with Crippen LogP contribution < -0.4 is 4.74 Å². The van der Waals surface area contributed by atoms with Crippen molar-refractivity contribution in [2.24, 2.45) is 0 Å². The number of piperazine rings is 1. The Kier molecular flexibility index (Phi) is 7.49. The minimum absolute atomic E-state index is 0.333. The van der Waals surface area contributed by atoms with E-state index in [0.717, 1.165) is 25.9 Å². The number of sulfonamides is 1. The SMILES string of the molecule is COc1ccc(S(=O)(=O)N2CCN(C3Cc4ccccc4C3)CC2)cc1.O=C(O)C(=O)O. The van der Waals surface area contributed by atoms with E-state index in [1.54, 1.807) is 35.7 Å². The highest BCUT2D eigenvalue weighted by Crippen LogP contribution is 2.27. The molecular formula is C22H26N2O7S. The Labute approximate surface area is 186 Å². The molecule has 4 rings (SSSR count). The molecule has 2 aliphatic rings. The first kappa shape index (κ1) is 23.7. The number of carboxylic acid groups (broad SMARTS) is 2. The largest absolute Gasteiger partial charge is 0.497 e. The molecule has 1 saturated heterocycles. The summed E-state index contributed by atoms with van der Waals surface area (Å²) in [4.78, 5) is 21.0. The first-order valence-electron chi connectivity index (χ1n) is 10.1. The van der Waals surface area contributed by atoms with Gasteiger partial charge in [-0.05, 0) is 48.2 Å². The zero-order chi connectivity index (χ0) is 23.3. The second-order valence-electron chi connectivity index (χ2n) is 7.56. The van der Waals surface area contributed by atoms with Gasteiger partial charge in [0, 0.05) is 32.2 Å². The summed E-state index contributed by atoms with van der Waals surface area (Å²) in [7, 11) is -1.86. The summed E-state index contributed by atoms with van der Waals surface area (Å²) in [5, 5.41) is 14.8. The second-order valence-corrected chi connectivity index (χ2v) is 9.49. The lowest BCUT2D eigenvalue weighted by Gasteiger charge is -2.37. The monoisotopic (exact) mass is 462 g/mol. The predicted octanol–water partition coefficient (Wildman–Crippen LogP) is 1.32. The number of aliphatic carboxylic acids is 2. The van der Waals surface area contributed by atoms with E-state index in [1.165, 1.54) is 11.1 Å². The molecule has 2 N–H and O–H groups in total. The maximum absolute atomic E-state index is 12.9. The highest BCUT2D eigenvalue weighted by molar-refractivity contribution is 7.89. The van der Waals surface area contributed by atoms with Gasteiger partial charge in [-0.15, -0.1) is 0 Å². The van der Waals surface area contributed by atoms with Gasteiger partial charge >= 0.3 is 11.9 Å². The zero-order valence-electron chi connectivity index (χ0n) is 17.7. The Morgan fingerprint density at radius 3 is 1.81 bits per heavy atom. The molecule has 2 aromatic carbocycles. The van der Waals surface area contributed by atoms with Gasteiger partial charge in [-0.1, -0.05) is 24.3 Å². The smallest absolute Gasteiger partial charge is 0.414 e. The summed E-state index contributed by atoms with van der Waals surface area (Å²) in [6.45, 7) is 2.66. The van der Waals surface area contributed by atoms with Crippen LogP contribution in [0.4, 0.5) is 0 Å². The molecule has 1 aliphatic carbocycles. The Morgan fingerprint density at radius 1 is 0.875 bits per heavy atom. The maximum Gasteiger partial charge on any atom is 0.414 e. The second kappa shape index (κ2) is 10.1. The van der Waals surface area contributed by atoms with Crippen molar-refractivity contribution in [3.05, 3.63) is 59.7 Å². The summed E-state index contributed by atoms with van der Waals surface area (Å²) in [5.74, 6) is -2.99. The van der Waals surface area contributed by atoms with Gasteiger partial charge in [-0.25, -0.2) is 18.0 Å². The van der Waals surface area contributed by atoms with Crippen LogP contribution in [0.3, 0.4) is 0 Å². The van der Waals surface area contributed by atoms with E-state index in [1.807, 2.05) is 0 Å². The van der Waals surface area contributed by atoms with Crippen LogP contribution in [0.15, 0.2) is 53.4 Å². The number of hydrogen-bond donors (Lipinski definition) is 2. The summed E-state index contributed by atoms with van der Waals surface area (Å²) in [6, 6.07) is 15.7. The van der Waals surface area contributed by atoms with E-state index in [2.05, 4.69) is 29.2 Å². The standard InChI is InChI=1S/C20H24N2O3S.C2H2O4/c1-25-19-6-8-20(9-7-19)26(23,24)22-12-10-21(11-13-22)18-14-16-4-2-3-5-17(16)15-18;3-1(4)2(5)6/h2-9,18H,10-15H2,1H3;(H,3,4)(H,5,6). The van der Waals surface area contributed by atoms with Crippen molar-refractivity contribution < 1.29 is 33.0 Å². The molecule has 0 saturated carbocycles. The first-order valence-corrected chi connectivity index (χ1v) is 11.6. The van der Waals surface area contributed by atoms with Crippen LogP contribution in [0.25, 0.3) is 0 Å². The molecule has 32 heavy (non-hydrogen) atoms. The molecule has 0 unspecified atom stereocenters. The van der Waals surface area contributed by atoms with Crippen molar-refractivity contribution in [2.75, 3.05) is 33.3 Å². The average molecular weight is 463 g/mol. The summed E-state index contributed by atoms with van der Waals surface area (Å²) in [5.41, 5.74) is 2.87. The number of ether oxygens (including phenoxy) is 1. The molecule has 0 aromatic heterocycles. The number of rotatable bonds is 4. The van der Waals surface area contributed by atoms with Crippen molar-refractivity contribution in [3.63, 3.8) is 0 Å². The van der Waals surface area contributed by atoms with Gasteiger partial charge < -0.3 is 14.9 Å². The Balaban J connectivity index is 0.000000427. The van der Waals surface area contributed by atoms with Crippen molar-refractivity contribution in [2.45, 2.75) is 23.8 Å². The van der Waals surface area contributed by atoms with Crippen LogP contribution in [0, 0.1) is 0 Å². The molecule has 0 bridgehead atoms. The number of methoxy groups -OCH3 is 1. The molecule has 2 aromatic rings. The fraction of sp³-hybridized carbons (Fsp3) is 0.364. The molecule has 172 valence electrons. The van der Waals surface area contributed by atoms with E-state index in [-0.39, 0.29) is 0 Å². The fourth-order valence-corrected chi connectivity index (χ4v) is 5.42. The molecular weight excluding hydrogens is 436 g/mol. The number of hydrogen-bond acceptors (Lipinski definition) is 6. The third-order valence-corrected chi connectivity index (χ3v) is 7.61. The van der Waals surface area contributed by atoms with E-state index in [4.69, 9.17) is 24.5 Å². The Morgan fingerprint density at radius 2 is 1.38 bits per heavy atom. The number of benzene rings is 2. The topological polar surface area (TPSA) is 124 Å². The molecule has 0 atom stereocenters. The van der Waals surface area contributed by atoms with Crippen molar-refractivity contribution >= 4 is 22.0 Å². The Hall–Kier alpha value is -2.95. The molecule has 10 heteroatoms. The Bertz CT molecular complexity index is 1020. The van der Waals surface area contributed by atoms with Crippen LogP contribution in [0.5, 0.6) is 5.75 Å². The lowest BCUT2D eigenvalue weighted by molar-refractivity contribution is -0.159. The minimum atomic E-state index is -3.44. The van der Waals surface area contributed by atoms with Crippen LogP contribution in [0.1, 0.15) is 11.1 Å². The number of fused-ring (bicyclic) bond motifs is 1. The van der Waals surface area contributed by atoms with Crippen molar-refractivity contribution in [3.8, 4) is 5.75 Å². The third-order valence-electron chi connectivity index (χ3n) is 5.70.